The van der Waals surface area contributed by atoms with Gasteiger partial charge in [-0.25, -0.2) is 0 Å². The monoisotopic (exact) mass is 227 g/mol. The Morgan fingerprint density at radius 2 is 2.40 bits per heavy atom. The number of ether oxygens (including phenoxy) is 1. The molecule has 1 aromatic rings. The van der Waals surface area contributed by atoms with Crippen LogP contribution in [0.25, 0.3) is 0 Å². The topological polar surface area (TPSA) is 55.5 Å². The average Bonchev–Trinajstić information content (AvgIpc) is 2.26. The van der Waals surface area contributed by atoms with E-state index in [1.54, 1.807) is 6.07 Å². The van der Waals surface area contributed by atoms with Crippen molar-refractivity contribution in [1.29, 1.82) is 0 Å². The van der Waals surface area contributed by atoms with Crippen LogP contribution in [0, 0.1) is 0 Å². The summed E-state index contributed by atoms with van der Waals surface area (Å²) in [6.45, 7) is 0.623. The van der Waals surface area contributed by atoms with Gasteiger partial charge in [-0.3, -0.25) is 0 Å². The first kappa shape index (κ1) is 10.7. The molecule has 0 aliphatic carbocycles. The summed E-state index contributed by atoms with van der Waals surface area (Å²) in [5, 5.41) is 9.73. The Morgan fingerprint density at radius 3 is 3.13 bits per heavy atom. The van der Waals surface area contributed by atoms with Crippen LogP contribution in [0.4, 0.5) is 0 Å². The molecule has 4 heteroatoms. The standard InChI is InChI=1S/C11H14ClNO2/c12-7-1-2-9-8(10(13)6-14)3-4-15-11(9)5-7/h1-2,5,8,10,14H,3-4,6,13H2. The number of aliphatic hydroxyl groups is 1. The van der Waals surface area contributed by atoms with E-state index in [0.29, 0.717) is 11.6 Å². The third-order valence-corrected chi connectivity index (χ3v) is 3.02. The van der Waals surface area contributed by atoms with Crippen molar-refractivity contribution < 1.29 is 9.84 Å². The van der Waals surface area contributed by atoms with E-state index < -0.39 is 0 Å². The van der Waals surface area contributed by atoms with E-state index in [1.807, 2.05) is 12.1 Å². The number of rotatable bonds is 2. The average molecular weight is 228 g/mol. The highest BCUT2D eigenvalue weighted by molar-refractivity contribution is 6.30. The molecule has 15 heavy (non-hydrogen) atoms. The van der Waals surface area contributed by atoms with Crippen LogP contribution >= 0.6 is 11.6 Å². The van der Waals surface area contributed by atoms with Gasteiger partial charge in [-0.2, -0.15) is 0 Å². The van der Waals surface area contributed by atoms with Crippen molar-refractivity contribution in [2.75, 3.05) is 13.2 Å². The molecule has 0 spiro atoms. The number of hydrogen-bond donors (Lipinski definition) is 2. The Balaban J connectivity index is 2.34. The molecule has 0 bridgehead atoms. The number of aliphatic hydroxyl groups excluding tert-OH is 1. The minimum atomic E-state index is -0.228. The van der Waals surface area contributed by atoms with Crippen molar-refractivity contribution in [2.45, 2.75) is 18.4 Å². The van der Waals surface area contributed by atoms with Crippen molar-refractivity contribution in [1.82, 2.24) is 0 Å². The van der Waals surface area contributed by atoms with E-state index in [1.165, 1.54) is 0 Å². The molecule has 0 saturated carbocycles. The maximum absolute atomic E-state index is 9.08. The van der Waals surface area contributed by atoms with E-state index in [0.717, 1.165) is 17.7 Å². The third kappa shape index (κ3) is 2.09. The zero-order chi connectivity index (χ0) is 10.8. The molecular formula is C11H14ClNO2. The Labute approximate surface area is 93.8 Å². The van der Waals surface area contributed by atoms with Crippen LogP contribution < -0.4 is 10.5 Å². The number of hydrogen-bond acceptors (Lipinski definition) is 3. The normalized spacial score (nSPS) is 21.7. The van der Waals surface area contributed by atoms with Crippen LogP contribution in [0.2, 0.25) is 5.02 Å². The van der Waals surface area contributed by atoms with E-state index in [4.69, 9.17) is 27.2 Å². The Morgan fingerprint density at radius 1 is 1.60 bits per heavy atom. The predicted molar refractivity (Wildman–Crippen MR) is 59.4 cm³/mol. The second-order valence-electron chi connectivity index (χ2n) is 3.77. The highest BCUT2D eigenvalue weighted by Gasteiger charge is 2.26. The summed E-state index contributed by atoms with van der Waals surface area (Å²) in [5.41, 5.74) is 6.91. The largest absolute Gasteiger partial charge is 0.493 e. The molecule has 1 aromatic carbocycles. The number of halogens is 1. The van der Waals surface area contributed by atoms with Gasteiger partial charge in [0.1, 0.15) is 5.75 Å². The molecule has 0 fully saturated rings. The summed E-state index contributed by atoms with van der Waals surface area (Å²) in [4.78, 5) is 0. The molecule has 2 atom stereocenters. The molecule has 0 radical (unpaired) electrons. The van der Waals surface area contributed by atoms with E-state index in [2.05, 4.69) is 0 Å². The van der Waals surface area contributed by atoms with E-state index in [9.17, 15) is 0 Å². The first-order valence-electron chi connectivity index (χ1n) is 5.01. The van der Waals surface area contributed by atoms with Gasteiger partial charge in [0.15, 0.2) is 0 Å². The summed E-state index contributed by atoms with van der Waals surface area (Å²) in [5.74, 6) is 0.957. The maximum Gasteiger partial charge on any atom is 0.124 e. The zero-order valence-electron chi connectivity index (χ0n) is 8.32. The van der Waals surface area contributed by atoms with Gasteiger partial charge in [0.2, 0.25) is 0 Å². The molecule has 3 nitrogen and oxygen atoms in total. The van der Waals surface area contributed by atoms with Crippen LogP contribution in [0.1, 0.15) is 17.9 Å². The molecule has 0 aromatic heterocycles. The van der Waals surface area contributed by atoms with Gasteiger partial charge >= 0.3 is 0 Å². The van der Waals surface area contributed by atoms with Crippen molar-refractivity contribution in [3.63, 3.8) is 0 Å². The minimum Gasteiger partial charge on any atom is -0.493 e. The van der Waals surface area contributed by atoms with Crippen molar-refractivity contribution in [3.05, 3.63) is 28.8 Å². The highest BCUT2D eigenvalue weighted by atomic mass is 35.5. The second kappa shape index (κ2) is 4.39. The minimum absolute atomic E-state index is 0.00721. The summed E-state index contributed by atoms with van der Waals surface area (Å²) < 4.78 is 5.51. The molecule has 1 aliphatic heterocycles. The fraction of sp³-hybridized carbons (Fsp3) is 0.455. The van der Waals surface area contributed by atoms with Gasteiger partial charge in [0.05, 0.1) is 13.2 Å². The molecule has 1 aliphatic rings. The lowest BCUT2D eigenvalue weighted by atomic mass is 9.87. The van der Waals surface area contributed by atoms with Crippen LogP contribution in [0.3, 0.4) is 0 Å². The maximum atomic E-state index is 9.08. The van der Waals surface area contributed by atoms with Crippen LogP contribution in [0.5, 0.6) is 5.75 Å². The van der Waals surface area contributed by atoms with Gasteiger partial charge in [0.25, 0.3) is 0 Å². The summed E-state index contributed by atoms with van der Waals surface area (Å²) in [6.07, 6.45) is 0.844. The van der Waals surface area contributed by atoms with Gasteiger partial charge in [-0.1, -0.05) is 17.7 Å². The van der Waals surface area contributed by atoms with Crippen LogP contribution in [0.15, 0.2) is 18.2 Å². The number of benzene rings is 1. The van der Waals surface area contributed by atoms with Crippen LogP contribution in [-0.2, 0) is 0 Å². The molecule has 2 unspecified atom stereocenters. The lowest BCUT2D eigenvalue weighted by molar-refractivity contribution is 0.209. The summed E-state index contributed by atoms with van der Waals surface area (Å²) in [7, 11) is 0. The Kier molecular flexibility index (Phi) is 3.14. The fourth-order valence-corrected chi connectivity index (χ4v) is 2.12. The Hall–Kier alpha value is -0.770. The molecular weight excluding hydrogens is 214 g/mol. The van der Waals surface area contributed by atoms with Gasteiger partial charge in [0, 0.05) is 17.0 Å². The SMILES string of the molecule is NC(CO)C1CCOc2cc(Cl)ccc21. The zero-order valence-corrected chi connectivity index (χ0v) is 9.07. The first-order chi connectivity index (χ1) is 7.22. The highest BCUT2D eigenvalue weighted by Crippen LogP contribution is 2.36. The third-order valence-electron chi connectivity index (χ3n) is 2.79. The molecule has 82 valence electrons. The molecule has 1 heterocycles. The van der Waals surface area contributed by atoms with E-state index in [-0.39, 0.29) is 18.6 Å². The van der Waals surface area contributed by atoms with E-state index >= 15 is 0 Å². The van der Waals surface area contributed by atoms with Crippen molar-refractivity contribution in [3.8, 4) is 5.75 Å². The lowest BCUT2D eigenvalue weighted by Crippen LogP contribution is -2.35. The van der Waals surface area contributed by atoms with Gasteiger partial charge in [-0.05, 0) is 24.1 Å². The van der Waals surface area contributed by atoms with Crippen LogP contribution in [-0.4, -0.2) is 24.4 Å². The molecule has 2 rings (SSSR count). The second-order valence-corrected chi connectivity index (χ2v) is 4.21. The predicted octanol–water partition coefficient (Wildman–Crippen LogP) is 1.53. The number of nitrogens with two attached hydrogens (primary N) is 1. The van der Waals surface area contributed by atoms with Gasteiger partial charge < -0.3 is 15.6 Å². The van der Waals surface area contributed by atoms with Crippen molar-refractivity contribution in [2.24, 2.45) is 5.73 Å². The molecule has 3 N–H and O–H groups in total. The summed E-state index contributed by atoms with van der Waals surface area (Å²) >= 11 is 5.88. The fourth-order valence-electron chi connectivity index (χ4n) is 1.96. The molecule has 0 amide bonds. The lowest BCUT2D eigenvalue weighted by Gasteiger charge is -2.29. The number of fused-ring (bicyclic) bond motifs is 1. The quantitative estimate of drug-likeness (QED) is 0.806. The smallest absolute Gasteiger partial charge is 0.124 e. The first-order valence-corrected chi connectivity index (χ1v) is 5.39. The van der Waals surface area contributed by atoms with Crippen molar-refractivity contribution >= 4 is 11.6 Å². The Bertz CT molecular complexity index is 356. The van der Waals surface area contributed by atoms with Gasteiger partial charge in [-0.15, -0.1) is 0 Å². The summed E-state index contributed by atoms with van der Waals surface area (Å²) in [6, 6.07) is 5.32. The molecule has 0 saturated heterocycles.